The molecule has 1 aliphatic heterocycles. The van der Waals surface area contributed by atoms with Crippen molar-refractivity contribution in [2.24, 2.45) is 0 Å². The van der Waals surface area contributed by atoms with E-state index in [2.05, 4.69) is 5.32 Å². The standard InChI is InChI=1S/C14H17FN2O2/c1-9-3-4-11(15)10(7-9)8-16-12-5-6-13(18)17(2)14(12)19/h3-4,7,12,16H,5-6,8H2,1-2H3. The topological polar surface area (TPSA) is 49.4 Å². The van der Waals surface area contributed by atoms with Gasteiger partial charge in [-0.3, -0.25) is 14.5 Å². The summed E-state index contributed by atoms with van der Waals surface area (Å²) in [6.07, 6.45) is 0.811. The number of benzene rings is 1. The van der Waals surface area contributed by atoms with Gasteiger partial charge in [0.1, 0.15) is 5.82 Å². The molecule has 0 aliphatic carbocycles. The van der Waals surface area contributed by atoms with Gasteiger partial charge in [0.25, 0.3) is 0 Å². The van der Waals surface area contributed by atoms with Crippen LogP contribution in [0, 0.1) is 12.7 Å². The minimum absolute atomic E-state index is 0.162. The first-order chi connectivity index (χ1) is 8.99. The molecular formula is C14H17FN2O2. The predicted molar refractivity (Wildman–Crippen MR) is 68.8 cm³/mol. The summed E-state index contributed by atoms with van der Waals surface area (Å²) in [6.45, 7) is 2.17. The van der Waals surface area contributed by atoms with Crippen LogP contribution in [0.2, 0.25) is 0 Å². The van der Waals surface area contributed by atoms with Crippen LogP contribution in [0.4, 0.5) is 4.39 Å². The fourth-order valence-corrected chi connectivity index (χ4v) is 2.18. The average molecular weight is 264 g/mol. The van der Waals surface area contributed by atoms with Crippen LogP contribution in [-0.2, 0) is 16.1 Å². The van der Waals surface area contributed by atoms with Crippen LogP contribution in [0.15, 0.2) is 18.2 Å². The zero-order chi connectivity index (χ0) is 14.0. The number of rotatable bonds is 3. The number of likely N-dealkylation sites (N-methyl/N-ethyl adjacent to an activating group) is 1. The van der Waals surface area contributed by atoms with E-state index in [0.717, 1.165) is 10.5 Å². The lowest BCUT2D eigenvalue weighted by molar-refractivity contribution is -0.148. The lowest BCUT2D eigenvalue weighted by Gasteiger charge is -2.28. The summed E-state index contributed by atoms with van der Waals surface area (Å²) in [4.78, 5) is 24.3. The van der Waals surface area contributed by atoms with Crippen LogP contribution in [-0.4, -0.2) is 29.8 Å². The van der Waals surface area contributed by atoms with Crippen molar-refractivity contribution in [2.45, 2.75) is 32.4 Å². The lowest BCUT2D eigenvalue weighted by atomic mass is 10.0. The number of aryl methyl sites for hydroxylation is 1. The highest BCUT2D eigenvalue weighted by Gasteiger charge is 2.31. The van der Waals surface area contributed by atoms with E-state index in [-0.39, 0.29) is 24.2 Å². The van der Waals surface area contributed by atoms with Gasteiger partial charge in [0.05, 0.1) is 6.04 Å². The normalized spacial score (nSPS) is 19.9. The minimum Gasteiger partial charge on any atom is -0.302 e. The molecule has 2 rings (SSSR count). The third-order valence-electron chi connectivity index (χ3n) is 3.39. The smallest absolute Gasteiger partial charge is 0.246 e. The van der Waals surface area contributed by atoms with E-state index < -0.39 is 6.04 Å². The summed E-state index contributed by atoms with van der Waals surface area (Å²) in [6, 6.07) is 4.47. The molecule has 1 heterocycles. The zero-order valence-corrected chi connectivity index (χ0v) is 11.1. The average Bonchev–Trinajstić information content (AvgIpc) is 2.39. The second-order valence-electron chi connectivity index (χ2n) is 4.86. The number of halogens is 1. The highest BCUT2D eigenvalue weighted by Crippen LogP contribution is 2.14. The summed E-state index contributed by atoms with van der Waals surface area (Å²) < 4.78 is 13.6. The van der Waals surface area contributed by atoms with Gasteiger partial charge in [0, 0.05) is 25.6 Å². The Morgan fingerprint density at radius 3 is 2.89 bits per heavy atom. The summed E-state index contributed by atoms with van der Waals surface area (Å²) in [5.41, 5.74) is 1.51. The van der Waals surface area contributed by atoms with Crippen LogP contribution < -0.4 is 5.32 Å². The summed E-state index contributed by atoms with van der Waals surface area (Å²) >= 11 is 0. The number of hydrogen-bond acceptors (Lipinski definition) is 3. The first-order valence-corrected chi connectivity index (χ1v) is 6.28. The number of carbonyl (C=O) groups is 2. The van der Waals surface area contributed by atoms with Crippen molar-refractivity contribution >= 4 is 11.8 Å². The second-order valence-corrected chi connectivity index (χ2v) is 4.86. The second kappa shape index (κ2) is 5.48. The molecule has 2 amide bonds. The summed E-state index contributed by atoms with van der Waals surface area (Å²) in [7, 11) is 1.48. The Morgan fingerprint density at radius 2 is 2.16 bits per heavy atom. The Bertz CT molecular complexity index is 516. The Balaban J connectivity index is 2.01. The van der Waals surface area contributed by atoms with Crippen molar-refractivity contribution in [3.8, 4) is 0 Å². The fourth-order valence-electron chi connectivity index (χ4n) is 2.18. The number of carbonyl (C=O) groups excluding carboxylic acids is 2. The molecular weight excluding hydrogens is 247 g/mol. The number of likely N-dealkylation sites (tertiary alicyclic amines) is 1. The molecule has 19 heavy (non-hydrogen) atoms. The molecule has 1 aliphatic rings. The van der Waals surface area contributed by atoms with Crippen molar-refractivity contribution in [3.63, 3.8) is 0 Å². The third kappa shape index (κ3) is 2.98. The molecule has 4 nitrogen and oxygen atoms in total. The maximum Gasteiger partial charge on any atom is 0.246 e. The first-order valence-electron chi connectivity index (χ1n) is 6.28. The maximum absolute atomic E-state index is 13.6. The molecule has 1 N–H and O–H groups in total. The van der Waals surface area contributed by atoms with E-state index in [1.54, 1.807) is 12.1 Å². The molecule has 1 unspecified atom stereocenters. The van der Waals surface area contributed by atoms with Crippen LogP contribution in [0.25, 0.3) is 0 Å². The lowest BCUT2D eigenvalue weighted by Crippen LogP contribution is -2.51. The minimum atomic E-state index is -0.414. The van der Waals surface area contributed by atoms with E-state index >= 15 is 0 Å². The van der Waals surface area contributed by atoms with Crippen molar-refractivity contribution in [1.29, 1.82) is 0 Å². The van der Waals surface area contributed by atoms with E-state index in [0.29, 0.717) is 18.4 Å². The molecule has 0 radical (unpaired) electrons. The highest BCUT2D eigenvalue weighted by atomic mass is 19.1. The van der Waals surface area contributed by atoms with Gasteiger partial charge in [0.2, 0.25) is 11.8 Å². The number of amides is 2. The maximum atomic E-state index is 13.6. The number of piperidine rings is 1. The molecule has 1 fully saturated rings. The van der Waals surface area contributed by atoms with Crippen molar-refractivity contribution in [1.82, 2.24) is 10.2 Å². The molecule has 1 aromatic carbocycles. The molecule has 1 saturated heterocycles. The summed E-state index contributed by atoms with van der Waals surface area (Å²) in [5, 5.41) is 3.02. The van der Waals surface area contributed by atoms with Gasteiger partial charge >= 0.3 is 0 Å². The quantitative estimate of drug-likeness (QED) is 0.839. The van der Waals surface area contributed by atoms with Crippen LogP contribution in [0.5, 0.6) is 0 Å². The molecule has 0 saturated carbocycles. The van der Waals surface area contributed by atoms with Gasteiger partial charge in [-0.2, -0.15) is 0 Å². The van der Waals surface area contributed by atoms with Crippen molar-refractivity contribution in [2.75, 3.05) is 7.05 Å². The molecule has 0 bridgehead atoms. The summed E-state index contributed by atoms with van der Waals surface area (Å²) in [5.74, 6) is -0.695. The zero-order valence-electron chi connectivity index (χ0n) is 11.1. The molecule has 0 spiro atoms. The SMILES string of the molecule is Cc1ccc(F)c(CNC2CCC(=O)N(C)C2=O)c1. The Morgan fingerprint density at radius 1 is 1.42 bits per heavy atom. The van der Waals surface area contributed by atoms with Crippen LogP contribution in [0.1, 0.15) is 24.0 Å². The number of nitrogens with zero attached hydrogens (tertiary/aromatic N) is 1. The number of imide groups is 1. The van der Waals surface area contributed by atoms with Crippen molar-refractivity contribution in [3.05, 3.63) is 35.1 Å². The largest absolute Gasteiger partial charge is 0.302 e. The fraction of sp³-hybridized carbons (Fsp3) is 0.429. The van der Waals surface area contributed by atoms with Gasteiger partial charge in [-0.05, 0) is 19.4 Å². The Kier molecular flexibility index (Phi) is 3.95. The highest BCUT2D eigenvalue weighted by molar-refractivity contribution is 6.00. The van der Waals surface area contributed by atoms with Gasteiger partial charge in [0.15, 0.2) is 0 Å². The molecule has 1 atom stereocenters. The first kappa shape index (κ1) is 13.7. The Labute approximate surface area is 111 Å². The van der Waals surface area contributed by atoms with Gasteiger partial charge in [-0.25, -0.2) is 4.39 Å². The number of nitrogens with one attached hydrogen (secondary N) is 1. The van der Waals surface area contributed by atoms with Crippen LogP contribution in [0.3, 0.4) is 0 Å². The van der Waals surface area contributed by atoms with Crippen molar-refractivity contribution < 1.29 is 14.0 Å². The van der Waals surface area contributed by atoms with Gasteiger partial charge in [-0.1, -0.05) is 17.7 Å². The van der Waals surface area contributed by atoms with Crippen LogP contribution >= 0.6 is 0 Å². The molecule has 0 aromatic heterocycles. The van der Waals surface area contributed by atoms with E-state index in [9.17, 15) is 14.0 Å². The van der Waals surface area contributed by atoms with E-state index in [4.69, 9.17) is 0 Å². The van der Waals surface area contributed by atoms with Gasteiger partial charge in [-0.15, -0.1) is 0 Å². The van der Waals surface area contributed by atoms with E-state index in [1.165, 1.54) is 13.1 Å². The third-order valence-corrected chi connectivity index (χ3v) is 3.39. The predicted octanol–water partition coefficient (Wildman–Crippen LogP) is 1.37. The Hall–Kier alpha value is -1.75. The monoisotopic (exact) mass is 264 g/mol. The molecule has 1 aromatic rings. The molecule has 5 heteroatoms. The number of hydrogen-bond donors (Lipinski definition) is 1. The van der Waals surface area contributed by atoms with E-state index in [1.807, 2.05) is 6.92 Å². The van der Waals surface area contributed by atoms with Gasteiger partial charge < -0.3 is 5.32 Å². The molecule has 102 valence electrons.